The number of carbonyl (C=O) groups is 2. The summed E-state index contributed by atoms with van der Waals surface area (Å²) in [5.41, 5.74) is -1.17. The smallest absolute Gasteiger partial charge is 0.298 e. The molecule has 0 spiro atoms. The van der Waals surface area contributed by atoms with E-state index in [4.69, 9.17) is 0 Å². The van der Waals surface area contributed by atoms with Gasteiger partial charge in [0.15, 0.2) is 5.78 Å². The van der Waals surface area contributed by atoms with Gasteiger partial charge in [-0.05, 0) is 31.5 Å². The van der Waals surface area contributed by atoms with Gasteiger partial charge in [0.1, 0.15) is 6.29 Å². The van der Waals surface area contributed by atoms with Gasteiger partial charge in [0.2, 0.25) is 0 Å². The highest BCUT2D eigenvalue weighted by atomic mass is 19.4. The Morgan fingerprint density at radius 1 is 1.31 bits per heavy atom. The number of benzene rings is 1. The molecule has 0 saturated heterocycles. The predicted molar refractivity (Wildman–Crippen MR) is 51.6 cm³/mol. The molecule has 0 unspecified atom stereocenters. The molecule has 0 radical (unpaired) electrons. The molecule has 1 rings (SSSR count). The molecule has 0 saturated carbocycles. The van der Waals surface area contributed by atoms with Crippen LogP contribution in [0.4, 0.5) is 13.2 Å². The Kier molecular flexibility index (Phi) is 3.16. The number of ketones is 1. The second-order valence-electron chi connectivity index (χ2n) is 3.43. The molecule has 0 aliphatic carbocycles. The zero-order chi connectivity index (χ0) is 12.5. The van der Waals surface area contributed by atoms with Crippen molar-refractivity contribution < 1.29 is 22.8 Å². The molecule has 1 aromatic rings. The van der Waals surface area contributed by atoms with Crippen LogP contribution in [0.15, 0.2) is 12.1 Å². The van der Waals surface area contributed by atoms with Gasteiger partial charge in [-0.3, -0.25) is 9.59 Å². The minimum absolute atomic E-state index is 0.0580. The number of rotatable bonds is 2. The van der Waals surface area contributed by atoms with Crippen LogP contribution in [0.25, 0.3) is 0 Å². The van der Waals surface area contributed by atoms with Crippen molar-refractivity contribution in [1.29, 1.82) is 0 Å². The lowest BCUT2D eigenvalue weighted by Gasteiger charge is -2.13. The summed E-state index contributed by atoms with van der Waals surface area (Å²) in [6.07, 6.45) is -4.29. The molecule has 5 heteroatoms. The van der Waals surface area contributed by atoms with Gasteiger partial charge in [-0.25, -0.2) is 0 Å². The first-order valence-electron chi connectivity index (χ1n) is 4.45. The molecule has 0 fully saturated rings. The number of hydrogen-bond donors (Lipinski definition) is 0. The molecule has 0 bridgehead atoms. The number of carbonyl (C=O) groups excluding carboxylic acids is 2. The van der Waals surface area contributed by atoms with Crippen LogP contribution in [0.1, 0.15) is 38.8 Å². The van der Waals surface area contributed by atoms with Gasteiger partial charge in [0.25, 0.3) is 0 Å². The largest absolute Gasteiger partial charge is 0.417 e. The number of alkyl halides is 3. The van der Waals surface area contributed by atoms with E-state index in [9.17, 15) is 22.8 Å². The first-order chi connectivity index (χ1) is 7.27. The molecule has 0 heterocycles. The van der Waals surface area contributed by atoms with E-state index in [0.29, 0.717) is 17.9 Å². The van der Waals surface area contributed by atoms with Crippen molar-refractivity contribution in [2.45, 2.75) is 20.0 Å². The first-order valence-corrected chi connectivity index (χ1v) is 4.45. The van der Waals surface area contributed by atoms with E-state index in [1.807, 2.05) is 0 Å². The summed E-state index contributed by atoms with van der Waals surface area (Å²) >= 11 is 0. The number of aryl methyl sites for hydroxylation is 1. The van der Waals surface area contributed by atoms with Gasteiger partial charge in [-0.2, -0.15) is 13.2 Å². The average Bonchev–Trinajstić information content (AvgIpc) is 2.15. The van der Waals surface area contributed by atoms with Gasteiger partial charge in [-0.15, -0.1) is 0 Å². The van der Waals surface area contributed by atoms with Crippen molar-refractivity contribution in [3.05, 3.63) is 34.4 Å². The summed E-state index contributed by atoms with van der Waals surface area (Å²) in [5, 5.41) is 0. The molecular weight excluding hydrogens is 221 g/mol. The van der Waals surface area contributed by atoms with Crippen molar-refractivity contribution in [3.63, 3.8) is 0 Å². The summed E-state index contributed by atoms with van der Waals surface area (Å²) in [6.45, 7) is 2.54. The standard InChI is InChI=1S/C11H9F3O2/c1-6-3-9(7(2)16)10(11(12,13)14)4-8(6)5-15/h3-5H,1-2H3. The third kappa shape index (κ3) is 2.29. The zero-order valence-corrected chi connectivity index (χ0v) is 8.68. The van der Waals surface area contributed by atoms with E-state index in [2.05, 4.69) is 0 Å². The third-order valence-corrected chi connectivity index (χ3v) is 2.22. The molecule has 1 aromatic carbocycles. The van der Waals surface area contributed by atoms with Crippen LogP contribution >= 0.6 is 0 Å². The summed E-state index contributed by atoms with van der Waals surface area (Å²) in [5.74, 6) is -0.673. The van der Waals surface area contributed by atoms with E-state index in [1.54, 1.807) is 0 Å². The average molecular weight is 230 g/mol. The minimum atomic E-state index is -4.63. The fourth-order valence-corrected chi connectivity index (χ4v) is 1.38. The lowest BCUT2D eigenvalue weighted by atomic mass is 9.97. The highest BCUT2D eigenvalue weighted by Gasteiger charge is 2.35. The van der Waals surface area contributed by atoms with Crippen molar-refractivity contribution in [1.82, 2.24) is 0 Å². The summed E-state index contributed by atoms with van der Waals surface area (Å²) in [7, 11) is 0. The molecule has 0 aliphatic rings. The Labute approximate surface area is 90.1 Å². The molecule has 0 amide bonds. The summed E-state index contributed by atoms with van der Waals surface area (Å²) < 4.78 is 37.8. The molecule has 2 nitrogen and oxygen atoms in total. The Morgan fingerprint density at radius 2 is 1.88 bits per heavy atom. The number of aldehydes is 1. The molecular formula is C11H9F3O2. The second-order valence-corrected chi connectivity index (χ2v) is 3.43. The fourth-order valence-electron chi connectivity index (χ4n) is 1.38. The monoisotopic (exact) mass is 230 g/mol. The highest BCUT2D eigenvalue weighted by Crippen LogP contribution is 2.33. The second kappa shape index (κ2) is 4.08. The minimum Gasteiger partial charge on any atom is -0.298 e. The summed E-state index contributed by atoms with van der Waals surface area (Å²) in [4.78, 5) is 21.6. The molecule has 16 heavy (non-hydrogen) atoms. The first kappa shape index (κ1) is 12.4. The van der Waals surface area contributed by atoms with Crippen LogP contribution in [-0.2, 0) is 6.18 Å². The van der Waals surface area contributed by atoms with Crippen LogP contribution in [0.3, 0.4) is 0 Å². The summed E-state index contributed by atoms with van der Waals surface area (Å²) in [6, 6.07) is 1.80. The van der Waals surface area contributed by atoms with Crippen molar-refractivity contribution in [2.75, 3.05) is 0 Å². The SMILES string of the molecule is CC(=O)c1cc(C)c(C=O)cc1C(F)(F)F. The number of hydrogen-bond acceptors (Lipinski definition) is 2. The quantitative estimate of drug-likeness (QED) is 0.578. The fraction of sp³-hybridized carbons (Fsp3) is 0.273. The van der Waals surface area contributed by atoms with Crippen LogP contribution in [0.2, 0.25) is 0 Å². The van der Waals surface area contributed by atoms with Gasteiger partial charge in [0, 0.05) is 11.1 Å². The molecule has 0 aliphatic heterocycles. The van der Waals surface area contributed by atoms with Gasteiger partial charge in [-0.1, -0.05) is 0 Å². The van der Waals surface area contributed by atoms with Gasteiger partial charge >= 0.3 is 6.18 Å². The van der Waals surface area contributed by atoms with Crippen molar-refractivity contribution in [3.8, 4) is 0 Å². The number of Topliss-reactive ketones (excluding diaryl/α,β-unsaturated/α-hetero) is 1. The zero-order valence-electron chi connectivity index (χ0n) is 8.68. The molecule has 0 aromatic heterocycles. The topological polar surface area (TPSA) is 34.1 Å². The Morgan fingerprint density at radius 3 is 2.25 bits per heavy atom. The van der Waals surface area contributed by atoms with Crippen LogP contribution in [0, 0.1) is 6.92 Å². The van der Waals surface area contributed by atoms with E-state index in [-0.39, 0.29) is 5.56 Å². The maximum absolute atomic E-state index is 12.6. The van der Waals surface area contributed by atoms with Crippen LogP contribution in [-0.4, -0.2) is 12.1 Å². The lowest BCUT2D eigenvalue weighted by Crippen LogP contribution is -2.13. The van der Waals surface area contributed by atoms with E-state index in [1.165, 1.54) is 6.92 Å². The maximum atomic E-state index is 12.6. The lowest BCUT2D eigenvalue weighted by molar-refractivity contribution is -0.137. The van der Waals surface area contributed by atoms with Crippen molar-refractivity contribution in [2.24, 2.45) is 0 Å². The normalized spacial score (nSPS) is 11.3. The van der Waals surface area contributed by atoms with E-state index in [0.717, 1.165) is 13.0 Å². The molecule has 0 atom stereocenters. The number of halogens is 3. The van der Waals surface area contributed by atoms with E-state index < -0.39 is 23.1 Å². The van der Waals surface area contributed by atoms with Gasteiger partial charge in [0.05, 0.1) is 5.56 Å². The van der Waals surface area contributed by atoms with E-state index >= 15 is 0 Å². The van der Waals surface area contributed by atoms with Crippen LogP contribution < -0.4 is 0 Å². The van der Waals surface area contributed by atoms with Gasteiger partial charge < -0.3 is 0 Å². The molecule has 0 N–H and O–H groups in total. The highest BCUT2D eigenvalue weighted by molar-refractivity contribution is 5.97. The molecule has 86 valence electrons. The predicted octanol–water partition coefficient (Wildman–Crippen LogP) is 3.03. The van der Waals surface area contributed by atoms with Crippen LogP contribution in [0.5, 0.6) is 0 Å². The maximum Gasteiger partial charge on any atom is 0.417 e. The van der Waals surface area contributed by atoms with Crippen molar-refractivity contribution >= 4 is 12.1 Å². The Balaban J connectivity index is 3.55. The Hall–Kier alpha value is -1.65. The third-order valence-electron chi connectivity index (χ3n) is 2.22. The Bertz CT molecular complexity index is 447.